The van der Waals surface area contributed by atoms with Crippen molar-refractivity contribution >= 4 is 24.2 Å². The van der Waals surface area contributed by atoms with E-state index in [1.165, 1.54) is 6.92 Å². The smallest absolute Gasteiger partial charge is 0.323 e. The van der Waals surface area contributed by atoms with Gasteiger partial charge < -0.3 is 5.32 Å². The number of amides is 1. The van der Waals surface area contributed by atoms with E-state index in [-0.39, 0.29) is 0 Å². The molecule has 2 nitrogen and oxygen atoms in total. The van der Waals surface area contributed by atoms with Crippen LogP contribution in [-0.4, -0.2) is 11.2 Å². The zero-order chi connectivity index (χ0) is 13.2. The van der Waals surface area contributed by atoms with Crippen LogP contribution in [0.15, 0.2) is 18.2 Å². The zero-order valence-corrected chi connectivity index (χ0v) is 9.57. The number of carbonyl (C=O) groups excluding carboxylic acids is 1. The molecule has 0 radical (unpaired) electrons. The monoisotopic (exact) mass is 267 g/mol. The summed E-state index contributed by atoms with van der Waals surface area (Å²) < 4.78 is 50.2. The molecular formula is C10H9F4NOS. The third-order valence-electron chi connectivity index (χ3n) is 1.93. The van der Waals surface area contributed by atoms with Crippen LogP contribution in [0.5, 0.6) is 0 Å². The maximum atomic E-state index is 13.2. The number of hydrogen-bond donors (Lipinski definition) is 2. The first-order valence-corrected chi connectivity index (χ1v) is 5.09. The first-order chi connectivity index (χ1) is 7.71. The highest BCUT2D eigenvalue weighted by Crippen LogP contribution is 2.31. The SMILES string of the molecule is CC(S)C(=O)Nc1cc(C(F)(F)F)ccc1F. The van der Waals surface area contributed by atoms with E-state index in [1.54, 1.807) is 0 Å². The molecule has 0 aliphatic carbocycles. The number of benzene rings is 1. The van der Waals surface area contributed by atoms with Gasteiger partial charge in [-0.15, -0.1) is 0 Å². The highest BCUT2D eigenvalue weighted by atomic mass is 32.1. The van der Waals surface area contributed by atoms with Crippen molar-refractivity contribution in [3.05, 3.63) is 29.6 Å². The number of halogens is 4. The fraction of sp³-hybridized carbons (Fsp3) is 0.300. The Kier molecular flexibility index (Phi) is 4.03. The van der Waals surface area contributed by atoms with Crippen LogP contribution in [0.2, 0.25) is 0 Å². The first-order valence-electron chi connectivity index (χ1n) is 4.57. The normalized spacial score (nSPS) is 13.3. The molecule has 1 amide bonds. The van der Waals surface area contributed by atoms with E-state index in [0.29, 0.717) is 18.2 Å². The van der Waals surface area contributed by atoms with Crippen LogP contribution in [0, 0.1) is 5.82 Å². The lowest BCUT2D eigenvalue weighted by molar-refractivity contribution is -0.137. The molecule has 0 aliphatic heterocycles. The van der Waals surface area contributed by atoms with Crippen molar-refractivity contribution in [2.45, 2.75) is 18.3 Å². The number of alkyl halides is 3. The number of thiol groups is 1. The second kappa shape index (κ2) is 4.95. The maximum absolute atomic E-state index is 13.2. The van der Waals surface area contributed by atoms with Crippen molar-refractivity contribution in [1.29, 1.82) is 0 Å². The van der Waals surface area contributed by atoms with E-state index >= 15 is 0 Å². The van der Waals surface area contributed by atoms with E-state index in [9.17, 15) is 22.4 Å². The molecule has 0 saturated carbocycles. The maximum Gasteiger partial charge on any atom is 0.416 e. The number of anilines is 1. The van der Waals surface area contributed by atoms with Crippen molar-refractivity contribution < 1.29 is 22.4 Å². The van der Waals surface area contributed by atoms with Crippen LogP contribution < -0.4 is 5.32 Å². The van der Waals surface area contributed by atoms with Gasteiger partial charge in [-0.05, 0) is 25.1 Å². The van der Waals surface area contributed by atoms with Gasteiger partial charge in [-0.2, -0.15) is 25.8 Å². The minimum absolute atomic E-state index is 0.509. The van der Waals surface area contributed by atoms with Gasteiger partial charge in [0.15, 0.2) is 0 Å². The Hall–Kier alpha value is -1.24. The summed E-state index contributed by atoms with van der Waals surface area (Å²) in [5.74, 6) is -1.60. The molecule has 0 bridgehead atoms. The quantitative estimate of drug-likeness (QED) is 0.625. The van der Waals surface area contributed by atoms with Crippen molar-refractivity contribution in [1.82, 2.24) is 0 Å². The molecule has 0 aliphatic rings. The van der Waals surface area contributed by atoms with Crippen LogP contribution in [0.25, 0.3) is 0 Å². The third kappa shape index (κ3) is 3.62. The van der Waals surface area contributed by atoms with Crippen LogP contribution in [0.4, 0.5) is 23.2 Å². The molecule has 7 heteroatoms. The average Bonchev–Trinajstić information content (AvgIpc) is 2.19. The minimum atomic E-state index is -4.58. The van der Waals surface area contributed by atoms with Gasteiger partial charge in [-0.1, -0.05) is 0 Å². The van der Waals surface area contributed by atoms with Gasteiger partial charge >= 0.3 is 6.18 Å². The predicted octanol–water partition coefficient (Wildman–Crippen LogP) is 3.10. The zero-order valence-electron chi connectivity index (χ0n) is 8.68. The molecule has 1 atom stereocenters. The second-order valence-corrected chi connectivity index (χ2v) is 4.13. The molecule has 94 valence electrons. The van der Waals surface area contributed by atoms with Gasteiger partial charge in [0, 0.05) is 0 Å². The van der Waals surface area contributed by atoms with Crippen molar-refractivity contribution in [3.63, 3.8) is 0 Å². The Morgan fingerprint density at radius 3 is 2.47 bits per heavy atom. The molecule has 0 fully saturated rings. The lowest BCUT2D eigenvalue weighted by Crippen LogP contribution is -2.21. The van der Waals surface area contributed by atoms with E-state index < -0.39 is 34.4 Å². The van der Waals surface area contributed by atoms with Gasteiger partial charge in [0.25, 0.3) is 0 Å². The first kappa shape index (κ1) is 13.8. The average molecular weight is 267 g/mol. The van der Waals surface area contributed by atoms with E-state index in [2.05, 4.69) is 12.6 Å². The summed E-state index contributed by atoms with van der Waals surface area (Å²) in [6.45, 7) is 1.42. The Bertz CT molecular complexity index is 431. The van der Waals surface area contributed by atoms with Crippen molar-refractivity contribution in [3.8, 4) is 0 Å². The topological polar surface area (TPSA) is 29.1 Å². The molecule has 1 unspecified atom stereocenters. The molecular weight excluding hydrogens is 258 g/mol. The van der Waals surface area contributed by atoms with Gasteiger partial charge in [0.05, 0.1) is 16.5 Å². The highest BCUT2D eigenvalue weighted by Gasteiger charge is 2.31. The molecule has 0 heterocycles. The standard InChI is InChI=1S/C10H9F4NOS/c1-5(17)9(16)15-8-4-6(10(12,13)14)2-3-7(8)11/h2-5,17H,1H3,(H,15,16). The second-order valence-electron chi connectivity index (χ2n) is 3.36. The van der Waals surface area contributed by atoms with E-state index in [1.807, 2.05) is 5.32 Å². The largest absolute Gasteiger partial charge is 0.416 e. The minimum Gasteiger partial charge on any atom is -0.323 e. The molecule has 1 N–H and O–H groups in total. The molecule has 17 heavy (non-hydrogen) atoms. The van der Waals surface area contributed by atoms with E-state index in [4.69, 9.17) is 0 Å². The Balaban J connectivity index is 3.03. The molecule has 1 aromatic carbocycles. The summed E-state index contributed by atoms with van der Waals surface area (Å²) >= 11 is 3.78. The fourth-order valence-corrected chi connectivity index (χ4v) is 1.10. The predicted molar refractivity (Wildman–Crippen MR) is 58.5 cm³/mol. The van der Waals surface area contributed by atoms with Gasteiger partial charge in [0.2, 0.25) is 5.91 Å². The Labute approximate surface area is 100 Å². The van der Waals surface area contributed by atoms with Gasteiger partial charge in [0.1, 0.15) is 5.82 Å². The fourth-order valence-electron chi connectivity index (χ4n) is 1.03. The van der Waals surface area contributed by atoms with Gasteiger partial charge in [-0.25, -0.2) is 4.39 Å². The summed E-state index contributed by atoms with van der Waals surface area (Å²) in [5, 5.41) is 1.29. The Morgan fingerprint density at radius 2 is 2.00 bits per heavy atom. The summed E-state index contributed by atoms with van der Waals surface area (Å²) in [7, 11) is 0. The van der Waals surface area contributed by atoms with Crippen LogP contribution in [0.1, 0.15) is 12.5 Å². The number of carbonyl (C=O) groups is 1. The summed E-state index contributed by atoms with van der Waals surface area (Å²) in [6.07, 6.45) is -4.58. The lowest BCUT2D eigenvalue weighted by atomic mass is 10.2. The van der Waals surface area contributed by atoms with Crippen LogP contribution >= 0.6 is 12.6 Å². The van der Waals surface area contributed by atoms with E-state index in [0.717, 1.165) is 0 Å². The summed E-state index contributed by atoms with van der Waals surface area (Å²) in [6, 6.07) is 1.81. The van der Waals surface area contributed by atoms with Crippen molar-refractivity contribution in [2.75, 3.05) is 5.32 Å². The lowest BCUT2D eigenvalue weighted by Gasteiger charge is -2.11. The Morgan fingerprint density at radius 1 is 1.41 bits per heavy atom. The number of nitrogens with one attached hydrogen (secondary N) is 1. The van der Waals surface area contributed by atoms with Crippen LogP contribution in [-0.2, 0) is 11.0 Å². The summed E-state index contributed by atoms with van der Waals surface area (Å²) in [5.41, 5.74) is -1.54. The highest BCUT2D eigenvalue weighted by molar-refractivity contribution is 7.81. The molecule has 0 saturated heterocycles. The van der Waals surface area contributed by atoms with Crippen molar-refractivity contribution in [2.24, 2.45) is 0 Å². The summed E-state index contributed by atoms with van der Waals surface area (Å²) in [4.78, 5) is 11.2. The third-order valence-corrected chi connectivity index (χ3v) is 2.17. The molecule has 0 spiro atoms. The number of rotatable bonds is 2. The number of hydrogen-bond acceptors (Lipinski definition) is 2. The van der Waals surface area contributed by atoms with Gasteiger partial charge in [-0.3, -0.25) is 4.79 Å². The molecule has 0 aromatic heterocycles. The molecule has 1 rings (SSSR count). The van der Waals surface area contributed by atoms with Crippen LogP contribution in [0.3, 0.4) is 0 Å². The molecule has 1 aromatic rings.